The number of carbonyl (C=O) groups excluding carboxylic acids is 1. The molecule has 1 aromatic heterocycles. The Labute approximate surface area is 186 Å². The second-order valence-corrected chi connectivity index (χ2v) is 7.84. The number of aromatic nitrogens is 2. The van der Waals surface area contributed by atoms with Crippen molar-refractivity contribution in [1.82, 2.24) is 19.9 Å². The number of carbonyl (C=O) groups is 1. The van der Waals surface area contributed by atoms with Gasteiger partial charge >= 0.3 is 0 Å². The summed E-state index contributed by atoms with van der Waals surface area (Å²) < 4.78 is 11.1. The Morgan fingerprint density at radius 2 is 1.77 bits per heavy atom. The molecule has 1 saturated heterocycles. The summed E-state index contributed by atoms with van der Waals surface area (Å²) in [6.45, 7) is 4.65. The molecule has 3 aromatic rings. The van der Waals surface area contributed by atoms with Crippen molar-refractivity contribution in [2.75, 3.05) is 39.3 Å². The highest BCUT2D eigenvalue weighted by Crippen LogP contribution is 2.19. The number of rotatable bonds is 8. The first-order valence-corrected chi connectivity index (χ1v) is 10.8. The molecular weight excluding hydrogens is 416 g/mol. The molecule has 0 aliphatic carbocycles. The van der Waals surface area contributed by atoms with Crippen molar-refractivity contribution in [3.05, 3.63) is 65.5 Å². The van der Waals surface area contributed by atoms with Crippen molar-refractivity contribution < 1.29 is 14.1 Å². The smallest absolute Gasteiger partial charge is 0.227 e. The average molecular weight is 441 g/mol. The molecule has 0 unspecified atom stereocenters. The summed E-state index contributed by atoms with van der Waals surface area (Å²) in [7, 11) is 0. The molecule has 1 amide bonds. The van der Waals surface area contributed by atoms with E-state index in [9.17, 15) is 4.79 Å². The SMILES string of the molecule is O=C(CCc1nc(-c2ccc(Cl)cc2)no1)N1CCN(CCOc2ccccc2)CC1. The van der Waals surface area contributed by atoms with E-state index >= 15 is 0 Å². The Bertz CT molecular complexity index is 970. The summed E-state index contributed by atoms with van der Waals surface area (Å²) in [5, 5.41) is 4.65. The molecule has 1 aliphatic heterocycles. The number of halogens is 1. The highest BCUT2D eigenvalue weighted by molar-refractivity contribution is 6.30. The van der Waals surface area contributed by atoms with Gasteiger partial charge in [0.1, 0.15) is 12.4 Å². The Morgan fingerprint density at radius 3 is 2.52 bits per heavy atom. The van der Waals surface area contributed by atoms with Crippen molar-refractivity contribution in [1.29, 1.82) is 0 Å². The molecule has 0 N–H and O–H groups in total. The molecule has 0 spiro atoms. The van der Waals surface area contributed by atoms with Crippen molar-refractivity contribution in [3.8, 4) is 17.1 Å². The summed E-state index contributed by atoms with van der Waals surface area (Å²) in [5.74, 6) is 1.98. The van der Waals surface area contributed by atoms with Gasteiger partial charge in [0, 0.05) is 56.2 Å². The molecule has 2 aromatic carbocycles. The maximum absolute atomic E-state index is 12.6. The van der Waals surface area contributed by atoms with E-state index in [0.717, 1.165) is 44.0 Å². The second kappa shape index (κ2) is 10.4. The maximum Gasteiger partial charge on any atom is 0.227 e. The van der Waals surface area contributed by atoms with Crippen molar-refractivity contribution >= 4 is 17.5 Å². The Hall–Kier alpha value is -2.90. The summed E-state index contributed by atoms with van der Waals surface area (Å²) in [6, 6.07) is 17.1. The lowest BCUT2D eigenvalue weighted by Gasteiger charge is -2.34. The van der Waals surface area contributed by atoms with Crippen molar-refractivity contribution in [3.63, 3.8) is 0 Å². The Kier molecular flexibility index (Phi) is 7.17. The number of benzene rings is 2. The van der Waals surface area contributed by atoms with Crippen molar-refractivity contribution in [2.45, 2.75) is 12.8 Å². The molecule has 0 radical (unpaired) electrons. The quantitative estimate of drug-likeness (QED) is 0.533. The number of nitrogens with zero attached hydrogens (tertiary/aromatic N) is 4. The lowest BCUT2D eigenvalue weighted by Crippen LogP contribution is -2.49. The molecule has 4 rings (SSSR count). The van der Waals surface area contributed by atoms with Gasteiger partial charge in [-0.3, -0.25) is 9.69 Å². The molecule has 2 heterocycles. The molecule has 0 saturated carbocycles. The zero-order chi connectivity index (χ0) is 21.5. The molecule has 7 nitrogen and oxygen atoms in total. The van der Waals surface area contributed by atoms with Crippen LogP contribution in [0.1, 0.15) is 12.3 Å². The van der Waals surface area contributed by atoms with Crippen LogP contribution in [0.5, 0.6) is 5.75 Å². The van der Waals surface area contributed by atoms with Gasteiger partial charge in [0.25, 0.3) is 0 Å². The number of hydrogen-bond acceptors (Lipinski definition) is 6. The van der Waals surface area contributed by atoms with Crippen LogP contribution in [0.15, 0.2) is 59.1 Å². The van der Waals surface area contributed by atoms with E-state index in [0.29, 0.717) is 36.2 Å². The highest BCUT2D eigenvalue weighted by Gasteiger charge is 2.21. The van der Waals surface area contributed by atoms with Gasteiger partial charge in [0.05, 0.1) is 0 Å². The van der Waals surface area contributed by atoms with Crippen LogP contribution in [-0.2, 0) is 11.2 Å². The molecule has 1 aliphatic rings. The zero-order valence-corrected chi connectivity index (χ0v) is 18.0. The minimum absolute atomic E-state index is 0.117. The zero-order valence-electron chi connectivity index (χ0n) is 17.2. The third kappa shape index (κ3) is 6.06. The number of amides is 1. The normalized spacial score (nSPS) is 14.5. The van der Waals surface area contributed by atoms with E-state index in [1.165, 1.54) is 0 Å². The first kappa shape index (κ1) is 21.3. The summed E-state index contributed by atoms with van der Waals surface area (Å²) >= 11 is 5.91. The number of piperazine rings is 1. The van der Waals surface area contributed by atoms with Crippen LogP contribution in [0, 0.1) is 0 Å². The predicted molar refractivity (Wildman–Crippen MR) is 118 cm³/mol. The fraction of sp³-hybridized carbons (Fsp3) is 0.348. The molecule has 162 valence electrons. The lowest BCUT2D eigenvalue weighted by molar-refractivity contribution is -0.133. The van der Waals surface area contributed by atoms with Crippen LogP contribution >= 0.6 is 11.6 Å². The lowest BCUT2D eigenvalue weighted by atomic mass is 10.2. The first-order valence-electron chi connectivity index (χ1n) is 10.4. The molecular formula is C23H25ClN4O3. The van der Waals surface area contributed by atoms with E-state index in [1.54, 1.807) is 12.1 Å². The van der Waals surface area contributed by atoms with Gasteiger partial charge in [-0.2, -0.15) is 4.98 Å². The fourth-order valence-corrected chi connectivity index (χ4v) is 3.60. The largest absolute Gasteiger partial charge is 0.492 e. The number of aryl methyl sites for hydroxylation is 1. The summed E-state index contributed by atoms with van der Waals surface area (Å²) in [4.78, 5) is 21.2. The predicted octanol–water partition coefficient (Wildman–Crippen LogP) is 3.55. The minimum Gasteiger partial charge on any atom is -0.492 e. The minimum atomic E-state index is 0.117. The number of para-hydroxylation sites is 1. The van der Waals surface area contributed by atoms with E-state index in [4.69, 9.17) is 20.9 Å². The summed E-state index contributed by atoms with van der Waals surface area (Å²) in [6.07, 6.45) is 0.796. The molecule has 0 atom stereocenters. The topological polar surface area (TPSA) is 71.7 Å². The highest BCUT2D eigenvalue weighted by atomic mass is 35.5. The summed E-state index contributed by atoms with van der Waals surface area (Å²) in [5.41, 5.74) is 0.832. The molecule has 8 heteroatoms. The van der Waals surface area contributed by atoms with E-state index < -0.39 is 0 Å². The van der Waals surface area contributed by atoms with E-state index in [-0.39, 0.29) is 5.91 Å². The monoisotopic (exact) mass is 440 g/mol. The van der Waals surface area contributed by atoms with Gasteiger partial charge in [0.2, 0.25) is 17.6 Å². The molecule has 0 bridgehead atoms. The fourth-order valence-electron chi connectivity index (χ4n) is 3.47. The van der Waals surface area contributed by atoms with Gasteiger partial charge in [-0.25, -0.2) is 0 Å². The van der Waals surface area contributed by atoms with Crippen LogP contribution < -0.4 is 4.74 Å². The van der Waals surface area contributed by atoms with E-state index in [1.807, 2.05) is 47.4 Å². The first-order chi connectivity index (χ1) is 15.2. The Morgan fingerprint density at radius 1 is 1.03 bits per heavy atom. The van der Waals surface area contributed by atoms with Crippen LogP contribution in [0.3, 0.4) is 0 Å². The molecule has 31 heavy (non-hydrogen) atoms. The van der Waals surface area contributed by atoms with Gasteiger partial charge in [-0.1, -0.05) is 35.0 Å². The van der Waals surface area contributed by atoms with Gasteiger partial charge in [-0.15, -0.1) is 0 Å². The van der Waals surface area contributed by atoms with E-state index in [2.05, 4.69) is 15.0 Å². The Balaban J connectivity index is 1.17. The van der Waals surface area contributed by atoms with Gasteiger partial charge < -0.3 is 14.2 Å². The van der Waals surface area contributed by atoms with Crippen LogP contribution in [-0.4, -0.2) is 65.2 Å². The third-order valence-electron chi connectivity index (χ3n) is 5.27. The van der Waals surface area contributed by atoms with Crippen LogP contribution in [0.25, 0.3) is 11.4 Å². The van der Waals surface area contributed by atoms with Crippen molar-refractivity contribution in [2.24, 2.45) is 0 Å². The van der Waals surface area contributed by atoms with Gasteiger partial charge in [0.15, 0.2) is 0 Å². The third-order valence-corrected chi connectivity index (χ3v) is 5.52. The number of ether oxygens (including phenoxy) is 1. The van der Waals surface area contributed by atoms with Crippen LogP contribution in [0.4, 0.5) is 0 Å². The number of hydrogen-bond donors (Lipinski definition) is 0. The molecule has 1 fully saturated rings. The van der Waals surface area contributed by atoms with Gasteiger partial charge in [-0.05, 0) is 36.4 Å². The maximum atomic E-state index is 12.6. The average Bonchev–Trinajstić information content (AvgIpc) is 3.28. The second-order valence-electron chi connectivity index (χ2n) is 7.40. The standard InChI is InChI=1S/C23H25ClN4O3/c24-19-8-6-18(7-9-19)23-25-21(31-26-23)10-11-22(29)28-14-12-27(13-15-28)16-17-30-20-4-2-1-3-5-20/h1-9H,10-17H2. The van der Waals surface area contributed by atoms with Crippen LogP contribution in [0.2, 0.25) is 5.02 Å².